The maximum Gasteiger partial charge on any atom is 0.176 e. The second-order valence-corrected chi connectivity index (χ2v) is 5.25. The molecule has 0 aliphatic heterocycles. The second-order valence-electron chi connectivity index (χ2n) is 4.22. The number of phenolic OH excluding ortho intramolecular Hbond substituents is 1. The monoisotopic (exact) mass is 261 g/mol. The highest BCUT2D eigenvalue weighted by Gasteiger charge is 2.10. The minimum Gasteiger partial charge on any atom is -0.508 e. The van der Waals surface area contributed by atoms with Crippen LogP contribution in [-0.4, -0.2) is 29.4 Å². The SMILES string of the molecule is CN(CC(=O)c1ccc(O)cc1)Cc1cccs1. The fourth-order valence-corrected chi connectivity index (χ4v) is 2.49. The number of thiophene rings is 1. The molecule has 94 valence electrons. The van der Waals surface area contributed by atoms with Gasteiger partial charge in [-0.1, -0.05) is 6.07 Å². The minimum absolute atomic E-state index is 0.0639. The Morgan fingerprint density at radius 1 is 1.28 bits per heavy atom. The Hall–Kier alpha value is -1.65. The zero-order chi connectivity index (χ0) is 13.0. The molecule has 0 fully saturated rings. The van der Waals surface area contributed by atoms with Gasteiger partial charge in [-0.15, -0.1) is 11.3 Å². The molecule has 0 aliphatic carbocycles. The van der Waals surface area contributed by atoms with Gasteiger partial charge in [0.25, 0.3) is 0 Å². The lowest BCUT2D eigenvalue weighted by Gasteiger charge is -2.14. The lowest BCUT2D eigenvalue weighted by atomic mass is 10.1. The van der Waals surface area contributed by atoms with Crippen molar-refractivity contribution in [1.82, 2.24) is 4.90 Å². The van der Waals surface area contributed by atoms with E-state index in [-0.39, 0.29) is 11.5 Å². The van der Waals surface area contributed by atoms with Crippen molar-refractivity contribution in [1.29, 1.82) is 0 Å². The Bertz CT molecular complexity index is 505. The molecule has 18 heavy (non-hydrogen) atoms. The molecule has 0 spiro atoms. The summed E-state index contributed by atoms with van der Waals surface area (Å²) in [6.07, 6.45) is 0. The molecule has 1 aromatic carbocycles. The van der Waals surface area contributed by atoms with E-state index in [0.29, 0.717) is 12.1 Å². The predicted octanol–water partition coefficient (Wildman–Crippen LogP) is 2.77. The van der Waals surface area contributed by atoms with Gasteiger partial charge in [0.2, 0.25) is 0 Å². The third kappa shape index (κ3) is 3.42. The molecule has 0 unspecified atom stereocenters. The van der Waals surface area contributed by atoms with Crippen LogP contribution in [0.2, 0.25) is 0 Å². The van der Waals surface area contributed by atoms with Crippen molar-refractivity contribution in [3.63, 3.8) is 0 Å². The topological polar surface area (TPSA) is 40.5 Å². The highest BCUT2D eigenvalue weighted by molar-refractivity contribution is 7.09. The molecule has 3 nitrogen and oxygen atoms in total. The Morgan fingerprint density at radius 3 is 2.61 bits per heavy atom. The number of carbonyl (C=O) groups is 1. The number of aromatic hydroxyl groups is 1. The molecule has 0 saturated carbocycles. The number of phenols is 1. The van der Waals surface area contributed by atoms with E-state index in [1.807, 2.05) is 23.4 Å². The van der Waals surface area contributed by atoms with Gasteiger partial charge in [0, 0.05) is 17.0 Å². The highest BCUT2D eigenvalue weighted by Crippen LogP contribution is 2.13. The molecule has 1 aromatic heterocycles. The number of hydrogen-bond donors (Lipinski definition) is 1. The summed E-state index contributed by atoms with van der Waals surface area (Å²) in [6, 6.07) is 10.4. The average molecular weight is 261 g/mol. The molecule has 0 aliphatic rings. The third-order valence-electron chi connectivity index (χ3n) is 2.61. The summed E-state index contributed by atoms with van der Waals surface area (Å²) in [5.74, 6) is 0.243. The van der Waals surface area contributed by atoms with E-state index in [0.717, 1.165) is 6.54 Å². The molecule has 2 rings (SSSR count). The molecule has 0 saturated heterocycles. The van der Waals surface area contributed by atoms with Crippen molar-refractivity contribution < 1.29 is 9.90 Å². The van der Waals surface area contributed by atoms with Gasteiger partial charge in [-0.05, 0) is 42.8 Å². The molecule has 4 heteroatoms. The lowest BCUT2D eigenvalue weighted by Crippen LogP contribution is -2.25. The molecule has 0 radical (unpaired) electrons. The van der Waals surface area contributed by atoms with E-state index < -0.39 is 0 Å². The second kappa shape index (κ2) is 5.80. The van der Waals surface area contributed by atoms with Crippen molar-refractivity contribution >= 4 is 17.1 Å². The van der Waals surface area contributed by atoms with Crippen molar-refractivity contribution in [3.8, 4) is 5.75 Å². The molecule has 1 heterocycles. The van der Waals surface area contributed by atoms with Crippen LogP contribution in [0.1, 0.15) is 15.2 Å². The number of carbonyl (C=O) groups excluding carboxylic acids is 1. The number of nitrogens with zero attached hydrogens (tertiary/aromatic N) is 1. The first-order valence-electron chi connectivity index (χ1n) is 5.68. The summed E-state index contributed by atoms with van der Waals surface area (Å²) < 4.78 is 0. The van der Waals surface area contributed by atoms with Crippen LogP contribution in [0.5, 0.6) is 5.75 Å². The van der Waals surface area contributed by atoms with Crippen LogP contribution in [0, 0.1) is 0 Å². The number of Topliss-reactive ketones (excluding diaryl/α,β-unsaturated/α-hetero) is 1. The van der Waals surface area contributed by atoms with Crippen LogP contribution in [-0.2, 0) is 6.54 Å². The summed E-state index contributed by atoms with van der Waals surface area (Å²) in [5.41, 5.74) is 0.630. The quantitative estimate of drug-likeness (QED) is 0.841. The van der Waals surface area contributed by atoms with Crippen LogP contribution in [0.15, 0.2) is 41.8 Å². The summed E-state index contributed by atoms with van der Waals surface area (Å²) in [5, 5.41) is 11.2. The largest absolute Gasteiger partial charge is 0.508 e. The normalized spacial score (nSPS) is 10.8. The van der Waals surface area contributed by atoms with E-state index in [1.165, 1.54) is 17.0 Å². The first-order valence-corrected chi connectivity index (χ1v) is 6.56. The first kappa shape index (κ1) is 12.8. The highest BCUT2D eigenvalue weighted by atomic mass is 32.1. The van der Waals surface area contributed by atoms with Crippen molar-refractivity contribution in [2.45, 2.75) is 6.54 Å². The van der Waals surface area contributed by atoms with Crippen LogP contribution in [0.25, 0.3) is 0 Å². The zero-order valence-electron chi connectivity index (χ0n) is 10.2. The van der Waals surface area contributed by atoms with E-state index >= 15 is 0 Å². The first-order chi connectivity index (χ1) is 8.65. The standard InChI is InChI=1S/C14H15NO2S/c1-15(9-13-3-2-8-18-13)10-14(17)11-4-6-12(16)7-5-11/h2-8,16H,9-10H2,1H3. The molecule has 0 atom stereocenters. The van der Waals surface area contributed by atoms with Gasteiger partial charge in [0.05, 0.1) is 6.54 Å². The Balaban J connectivity index is 1.92. The molecule has 0 amide bonds. The number of benzene rings is 1. The Kier molecular flexibility index (Phi) is 4.12. The van der Waals surface area contributed by atoms with Gasteiger partial charge >= 0.3 is 0 Å². The average Bonchev–Trinajstić information content (AvgIpc) is 2.82. The molecular weight excluding hydrogens is 246 g/mol. The predicted molar refractivity (Wildman–Crippen MR) is 73.1 cm³/mol. The van der Waals surface area contributed by atoms with Crippen molar-refractivity contribution in [2.75, 3.05) is 13.6 Å². The van der Waals surface area contributed by atoms with E-state index in [4.69, 9.17) is 0 Å². The van der Waals surface area contributed by atoms with Crippen molar-refractivity contribution in [2.24, 2.45) is 0 Å². The molecular formula is C14H15NO2S. The van der Waals surface area contributed by atoms with Crippen molar-refractivity contribution in [3.05, 3.63) is 52.2 Å². The summed E-state index contributed by atoms with van der Waals surface area (Å²) >= 11 is 1.69. The minimum atomic E-state index is 0.0639. The molecule has 2 aromatic rings. The number of rotatable bonds is 5. The molecule has 0 bridgehead atoms. The number of ketones is 1. The Morgan fingerprint density at radius 2 is 2.00 bits per heavy atom. The van der Waals surface area contributed by atoms with E-state index in [2.05, 4.69) is 6.07 Å². The van der Waals surface area contributed by atoms with E-state index in [9.17, 15) is 9.90 Å². The number of hydrogen-bond acceptors (Lipinski definition) is 4. The smallest absolute Gasteiger partial charge is 0.176 e. The summed E-state index contributed by atoms with van der Waals surface area (Å²) in [7, 11) is 1.93. The Labute approximate surface area is 110 Å². The van der Waals surface area contributed by atoms with Crippen LogP contribution < -0.4 is 0 Å². The van der Waals surface area contributed by atoms with Gasteiger partial charge in [-0.3, -0.25) is 9.69 Å². The van der Waals surface area contributed by atoms with Gasteiger partial charge in [0.1, 0.15) is 5.75 Å². The van der Waals surface area contributed by atoms with E-state index in [1.54, 1.807) is 23.5 Å². The fourth-order valence-electron chi connectivity index (χ4n) is 1.71. The zero-order valence-corrected chi connectivity index (χ0v) is 11.0. The maximum absolute atomic E-state index is 12.0. The van der Waals surface area contributed by atoms with Crippen LogP contribution in [0.3, 0.4) is 0 Å². The van der Waals surface area contributed by atoms with Crippen LogP contribution in [0.4, 0.5) is 0 Å². The maximum atomic E-state index is 12.0. The van der Waals surface area contributed by atoms with Gasteiger partial charge in [-0.2, -0.15) is 0 Å². The molecule has 1 N–H and O–H groups in total. The summed E-state index contributed by atoms with van der Waals surface area (Å²) in [4.78, 5) is 15.2. The third-order valence-corrected chi connectivity index (χ3v) is 3.47. The van der Waals surface area contributed by atoms with Gasteiger partial charge in [0.15, 0.2) is 5.78 Å². The number of likely N-dealkylation sites (N-methyl/N-ethyl adjacent to an activating group) is 1. The van der Waals surface area contributed by atoms with Crippen LogP contribution >= 0.6 is 11.3 Å². The van der Waals surface area contributed by atoms with Gasteiger partial charge in [-0.25, -0.2) is 0 Å². The summed E-state index contributed by atoms with van der Waals surface area (Å²) in [6.45, 7) is 1.16. The fraction of sp³-hybridized carbons (Fsp3) is 0.214. The lowest BCUT2D eigenvalue weighted by molar-refractivity contribution is 0.0943. The van der Waals surface area contributed by atoms with Gasteiger partial charge < -0.3 is 5.11 Å².